The Morgan fingerprint density at radius 1 is 1.43 bits per heavy atom. The third-order valence-corrected chi connectivity index (χ3v) is 2.62. The number of hydrogen-bond acceptors (Lipinski definition) is 2. The molecule has 0 aliphatic rings. The van der Waals surface area contributed by atoms with Gasteiger partial charge in [-0.1, -0.05) is 51.4 Å². The van der Waals surface area contributed by atoms with Crippen molar-refractivity contribution in [3.63, 3.8) is 0 Å². The fraction of sp³-hybridized carbons (Fsp3) is 0.333. The van der Waals surface area contributed by atoms with Crippen LogP contribution in [-0.4, -0.2) is 16.5 Å². The molecule has 0 saturated heterocycles. The smallest absolute Gasteiger partial charge is 0.0772 e. The molecule has 0 aliphatic heterocycles. The van der Waals surface area contributed by atoms with Crippen LogP contribution in [0.15, 0.2) is 35.4 Å². The van der Waals surface area contributed by atoms with E-state index in [2.05, 4.69) is 26.0 Å². The number of benzene rings is 1. The minimum Gasteiger partial charge on any atom is -0.395 e. The van der Waals surface area contributed by atoms with E-state index in [0.717, 1.165) is 5.56 Å². The number of hydrogen-bond donors (Lipinski definition) is 1. The van der Waals surface area contributed by atoms with E-state index in [1.807, 2.05) is 30.3 Å². The lowest BCUT2D eigenvalue weighted by atomic mass is 10.1. The Labute approximate surface area is 90.3 Å². The molecular formula is C9H10BrN3O. The van der Waals surface area contributed by atoms with Gasteiger partial charge in [0.05, 0.1) is 17.5 Å². The molecule has 0 aromatic heterocycles. The number of aliphatic hydroxyl groups excluding tert-OH is 1. The van der Waals surface area contributed by atoms with Crippen molar-refractivity contribution >= 4 is 15.9 Å². The van der Waals surface area contributed by atoms with E-state index >= 15 is 0 Å². The van der Waals surface area contributed by atoms with Gasteiger partial charge in [-0.15, -0.1) is 0 Å². The predicted molar refractivity (Wildman–Crippen MR) is 58.1 cm³/mol. The van der Waals surface area contributed by atoms with Crippen LogP contribution in [0.2, 0.25) is 0 Å². The van der Waals surface area contributed by atoms with E-state index in [0.29, 0.717) is 0 Å². The first kappa shape index (κ1) is 11.0. The Hall–Kier alpha value is -1.03. The molecule has 0 radical (unpaired) electrons. The molecule has 0 fully saturated rings. The van der Waals surface area contributed by atoms with Gasteiger partial charge in [-0.05, 0) is 11.1 Å². The lowest BCUT2D eigenvalue weighted by Gasteiger charge is -2.15. The van der Waals surface area contributed by atoms with E-state index in [9.17, 15) is 0 Å². The minimum atomic E-state index is -0.369. The lowest BCUT2D eigenvalue weighted by Crippen LogP contribution is -2.13. The summed E-state index contributed by atoms with van der Waals surface area (Å²) >= 11 is 3.27. The summed E-state index contributed by atoms with van der Waals surface area (Å²) in [6.07, 6.45) is 0. The van der Waals surface area contributed by atoms with Crippen LogP contribution >= 0.6 is 15.9 Å². The molecule has 4 nitrogen and oxygen atoms in total. The molecule has 1 aromatic rings. The molecular weight excluding hydrogens is 246 g/mol. The van der Waals surface area contributed by atoms with Crippen LogP contribution < -0.4 is 0 Å². The zero-order valence-corrected chi connectivity index (χ0v) is 9.00. The Bertz CT molecular complexity index is 324. The van der Waals surface area contributed by atoms with Crippen LogP contribution in [0.5, 0.6) is 0 Å². The van der Waals surface area contributed by atoms with Gasteiger partial charge in [0.25, 0.3) is 0 Å². The summed E-state index contributed by atoms with van der Waals surface area (Å²) < 4.78 is 0. The zero-order chi connectivity index (χ0) is 10.4. The van der Waals surface area contributed by atoms with Gasteiger partial charge in [-0.25, -0.2) is 0 Å². The van der Waals surface area contributed by atoms with E-state index in [-0.39, 0.29) is 17.5 Å². The van der Waals surface area contributed by atoms with Crippen LogP contribution in [0.25, 0.3) is 10.4 Å². The fourth-order valence-electron chi connectivity index (χ4n) is 1.15. The maximum atomic E-state index is 8.96. The van der Waals surface area contributed by atoms with Crippen LogP contribution in [0, 0.1) is 0 Å². The summed E-state index contributed by atoms with van der Waals surface area (Å²) in [4.78, 5) is 2.52. The quantitative estimate of drug-likeness (QED) is 0.382. The average Bonchev–Trinajstić information content (AvgIpc) is 2.26. The van der Waals surface area contributed by atoms with Gasteiger partial charge in [-0.2, -0.15) is 0 Å². The van der Waals surface area contributed by atoms with Gasteiger partial charge in [0.1, 0.15) is 0 Å². The molecule has 0 bridgehead atoms. The predicted octanol–water partition coefficient (Wildman–Crippen LogP) is 2.79. The molecule has 5 heteroatoms. The van der Waals surface area contributed by atoms with E-state index in [1.165, 1.54) is 0 Å². The highest BCUT2D eigenvalue weighted by atomic mass is 79.9. The summed E-state index contributed by atoms with van der Waals surface area (Å²) in [5, 5.41) is 12.6. The molecule has 0 saturated carbocycles. The maximum Gasteiger partial charge on any atom is 0.0772 e. The van der Waals surface area contributed by atoms with Gasteiger partial charge >= 0.3 is 0 Å². The SMILES string of the molecule is [N-]=[N+]=NC(c1ccccc1)C(Br)CO. The lowest BCUT2D eigenvalue weighted by molar-refractivity contribution is 0.285. The van der Waals surface area contributed by atoms with Crippen LogP contribution in [0.3, 0.4) is 0 Å². The third-order valence-electron chi connectivity index (χ3n) is 1.83. The van der Waals surface area contributed by atoms with E-state index in [4.69, 9.17) is 10.6 Å². The molecule has 2 unspecified atom stereocenters. The van der Waals surface area contributed by atoms with E-state index in [1.54, 1.807) is 0 Å². The Morgan fingerprint density at radius 3 is 2.57 bits per heavy atom. The average molecular weight is 256 g/mol. The van der Waals surface area contributed by atoms with Gasteiger partial charge in [-0.3, -0.25) is 0 Å². The summed E-state index contributed by atoms with van der Waals surface area (Å²) in [7, 11) is 0. The topological polar surface area (TPSA) is 69.0 Å². The second-order valence-corrected chi connectivity index (χ2v) is 3.94. The summed E-state index contributed by atoms with van der Waals surface area (Å²) in [6, 6.07) is 8.98. The van der Waals surface area contributed by atoms with Gasteiger partial charge in [0.2, 0.25) is 0 Å². The number of halogens is 1. The van der Waals surface area contributed by atoms with Crippen molar-refractivity contribution in [1.82, 2.24) is 0 Å². The summed E-state index contributed by atoms with van der Waals surface area (Å²) in [6.45, 7) is -0.0709. The van der Waals surface area contributed by atoms with Gasteiger partial charge in [0.15, 0.2) is 0 Å². The first-order chi connectivity index (χ1) is 6.79. The van der Waals surface area contributed by atoms with Crippen molar-refractivity contribution in [3.8, 4) is 0 Å². The fourth-order valence-corrected chi connectivity index (χ4v) is 1.56. The van der Waals surface area contributed by atoms with Gasteiger partial charge < -0.3 is 5.11 Å². The van der Waals surface area contributed by atoms with Crippen molar-refractivity contribution in [1.29, 1.82) is 0 Å². The first-order valence-electron chi connectivity index (χ1n) is 4.13. The summed E-state index contributed by atoms with van der Waals surface area (Å²) in [5.74, 6) is 0. The first-order valence-corrected chi connectivity index (χ1v) is 5.05. The molecule has 0 amide bonds. The van der Waals surface area contributed by atoms with Crippen molar-refractivity contribution in [2.75, 3.05) is 6.61 Å². The molecule has 1 rings (SSSR count). The number of nitrogens with zero attached hydrogens (tertiary/aromatic N) is 3. The molecule has 1 N–H and O–H groups in total. The van der Waals surface area contributed by atoms with Crippen molar-refractivity contribution in [3.05, 3.63) is 46.3 Å². The minimum absolute atomic E-state index is 0.0709. The number of rotatable bonds is 4. The van der Waals surface area contributed by atoms with Crippen molar-refractivity contribution < 1.29 is 5.11 Å². The van der Waals surface area contributed by atoms with Crippen LogP contribution in [-0.2, 0) is 0 Å². The molecule has 1 aromatic carbocycles. The number of alkyl halides is 1. The number of aliphatic hydroxyl groups is 1. The largest absolute Gasteiger partial charge is 0.395 e. The number of azide groups is 1. The standard InChI is InChI=1S/C9H10BrN3O/c10-8(6-14)9(12-13-11)7-4-2-1-3-5-7/h1-5,8-9,14H,6H2. The molecule has 74 valence electrons. The Morgan fingerprint density at radius 2 is 2.07 bits per heavy atom. The second-order valence-electron chi connectivity index (χ2n) is 2.76. The zero-order valence-electron chi connectivity index (χ0n) is 7.42. The molecule has 14 heavy (non-hydrogen) atoms. The molecule has 2 atom stereocenters. The summed E-state index contributed by atoms with van der Waals surface area (Å²) in [5.41, 5.74) is 9.29. The van der Waals surface area contributed by atoms with Crippen molar-refractivity contribution in [2.45, 2.75) is 10.9 Å². The molecule has 0 aliphatic carbocycles. The molecule has 0 heterocycles. The maximum absolute atomic E-state index is 8.96. The van der Waals surface area contributed by atoms with Crippen LogP contribution in [0.4, 0.5) is 0 Å². The monoisotopic (exact) mass is 255 g/mol. The Kier molecular flexibility index (Phi) is 4.46. The van der Waals surface area contributed by atoms with Crippen molar-refractivity contribution in [2.24, 2.45) is 5.11 Å². The van der Waals surface area contributed by atoms with Crippen LogP contribution in [0.1, 0.15) is 11.6 Å². The normalized spacial score (nSPS) is 14.1. The molecule has 0 spiro atoms. The Balaban J connectivity index is 2.94. The second kappa shape index (κ2) is 5.65. The van der Waals surface area contributed by atoms with E-state index < -0.39 is 0 Å². The van der Waals surface area contributed by atoms with Gasteiger partial charge in [0, 0.05) is 4.91 Å². The third kappa shape index (κ3) is 2.73. The highest BCUT2D eigenvalue weighted by Crippen LogP contribution is 2.26. The highest BCUT2D eigenvalue weighted by molar-refractivity contribution is 9.09. The highest BCUT2D eigenvalue weighted by Gasteiger charge is 2.18.